The Morgan fingerprint density at radius 2 is 2.18 bits per heavy atom. The minimum atomic E-state index is -0.550. The van der Waals surface area contributed by atoms with E-state index >= 15 is 0 Å². The molecule has 1 aromatic rings. The predicted molar refractivity (Wildman–Crippen MR) is 64.4 cm³/mol. The molecule has 94 valence electrons. The summed E-state index contributed by atoms with van der Waals surface area (Å²) in [5, 5.41) is 0. The Balaban J connectivity index is 2.89. The van der Waals surface area contributed by atoms with Gasteiger partial charge < -0.3 is 10.5 Å². The van der Waals surface area contributed by atoms with Gasteiger partial charge in [-0.2, -0.15) is 0 Å². The SMILES string of the molecule is CCOC(=O)N(CCCN)c1ccccc1F. The molecule has 0 bridgehead atoms. The van der Waals surface area contributed by atoms with Crippen molar-refractivity contribution in [2.45, 2.75) is 13.3 Å². The van der Waals surface area contributed by atoms with E-state index < -0.39 is 11.9 Å². The summed E-state index contributed by atoms with van der Waals surface area (Å²) in [6.07, 6.45) is 0.0405. The first kappa shape index (κ1) is 13.4. The van der Waals surface area contributed by atoms with Crippen LogP contribution in [0.5, 0.6) is 0 Å². The predicted octanol–water partition coefficient (Wildman–Crippen LogP) is 2.14. The third kappa shape index (κ3) is 3.71. The standard InChI is InChI=1S/C12H17FN2O2/c1-2-17-12(16)15(9-5-8-14)11-7-4-3-6-10(11)13/h3-4,6-7H,2,5,8-9,14H2,1H3. The second-order valence-electron chi connectivity index (χ2n) is 3.44. The van der Waals surface area contributed by atoms with Crippen molar-refractivity contribution in [1.82, 2.24) is 0 Å². The zero-order valence-electron chi connectivity index (χ0n) is 9.86. The summed E-state index contributed by atoms with van der Waals surface area (Å²) < 4.78 is 18.5. The van der Waals surface area contributed by atoms with E-state index in [-0.39, 0.29) is 12.3 Å². The van der Waals surface area contributed by atoms with Crippen molar-refractivity contribution < 1.29 is 13.9 Å². The van der Waals surface area contributed by atoms with Gasteiger partial charge in [-0.3, -0.25) is 4.90 Å². The van der Waals surface area contributed by atoms with Gasteiger partial charge in [0.25, 0.3) is 0 Å². The van der Waals surface area contributed by atoms with Crippen LogP contribution in [0.2, 0.25) is 0 Å². The molecule has 0 saturated carbocycles. The molecule has 0 atom stereocenters. The van der Waals surface area contributed by atoms with Crippen LogP contribution in [0.15, 0.2) is 24.3 Å². The summed E-state index contributed by atoms with van der Waals surface area (Å²) >= 11 is 0. The van der Waals surface area contributed by atoms with E-state index in [1.54, 1.807) is 25.1 Å². The minimum absolute atomic E-state index is 0.222. The molecule has 1 amide bonds. The monoisotopic (exact) mass is 240 g/mol. The molecule has 4 nitrogen and oxygen atoms in total. The molecular weight excluding hydrogens is 223 g/mol. The van der Waals surface area contributed by atoms with Crippen molar-refractivity contribution in [3.8, 4) is 0 Å². The van der Waals surface area contributed by atoms with Crippen molar-refractivity contribution in [2.75, 3.05) is 24.6 Å². The molecule has 0 aliphatic heterocycles. The number of hydrogen-bond acceptors (Lipinski definition) is 3. The molecule has 0 aliphatic carbocycles. The maximum atomic E-state index is 13.6. The van der Waals surface area contributed by atoms with E-state index in [4.69, 9.17) is 10.5 Å². The fourth-order valence-electron chi connectivity index (χ4n) is 1.43. The average Bonchev–Trinajstić information content (AvgIpc) is 2.32. The molecule has 0 radical (unpaired) electrons. The van der Waals surface area contributed by atoms with Gasteiger partial charge in [-0.05, 0) is 32.0 Å². The van der Waals surface area contributed by atoms with E-state index in [1.165, 1.54) is 11.0 Å². The van der Waals surface area contributed by atoms with E-state index in [9.17, 15) is 9.18 Å². The second kappa shape index (κ2) is 6.85. The van der Waals surface area contributed by atoms with Gasteiger partial charge in [0.2, 0.25) is 0 Å². The first-order chi connectivity index (χ1) is 8.20. The Morgan fingerprint density at radius 1 is 1.47 bits per heavy atom. The third-order valence-corrected chi connectivity index (χ3v) is 2.22. The molecule has 0 saturated heterocycles. The van der Waals surface area contributed by atoms with Crippen molar-refractivity contribution in [3.05, 3.63) is 30.1 Å². The van der Waals surface area contributed by atoms with Crippen LogP contribution in [0.3, 0.4) is 0 Å². The number of para-hydroxylation sites is 1. The van der Waals surface area contributed by atoms with Crippen LogP contribution >= 0.6 is 0 Å². The van der Waals surface area contributed by atoms with Crippen LogP contribution in [-0.2, 0) is 4.74 Å². The topological polar surface area (TPSA) is 55.6 Å². The molecule has 1 aromatic carbocycles. The lowest BCUT2D eigenvalue weighted by Gasteiger charge is -2.22. The lowest BCUT2D eigenvalue weighted by molar-refractivity contribution is 0.159. The van der Waals surface area contributed by atoms with Crippen molar-refractivity contribution >= 4 is 11.8 Å². The van der Waals surface area contributed by atoms with Crippen molar-refractivity contribution in [3.63, 3.8) is 0 Å². The number of benzene rings is 1. The maximum Gasteiger partial charge on any atom is 0.414 e. The second-order valence-corrected chi connectivity index (χ2v) is 3.44. The van der Waals surface area contributed by atoms with Gasteiger partial charge in [-0.15, -0.1) is 0 Å². The Labute approximate surface area is 100 Å². The maximum absolute atomic E-state index is 13.6. The number of halogens is 1. The highest BCUT2D eigenvalue weighted by atomic mass is 19.1. The summed E-state index contributed by atoms with van der Waals surface area (Å²) in [7, 11) is 0. The van der Waals surface area contributed by atoms with E-state index in [2.05, 4.69) is 0 Å². The Kier molecular flexibility index (Phi) is 5.42. The zero-order valence-corrected chi connectivity index (χ0v) is 9.86. The molecular formula is C12H17FN2O2. The summed E-state index contributed by atoms with van der Waals surface area (Å²) in [5.74, 6) is -0.447. The molecule has 0 unspecified atom stereocenters. The first-order valence-corrected chi connectivity index (χ1v) is 5.59. The van der Waals surface area contributed by atoms with Gasteiger partial charge in [-0.1, -0.05) is 12.1 Å². The Morgan fingerprint density at radius 3 is 2.76 bits per heavy atom. The molecule has 0 aliphatic rings. The normalized spacial score (nSPS) is 10.1. The van der Waals surface area contributed by atoms with Gasteiger partial charge in [-0.25, -0.2) is 9.18 Å². The van der Waals surface area contributed by atoms with Gasteiger partial charge in [0.15, 0.2) is 0 Å². The van der Waals surface area contributed by atoms with Crippen molar-refractivity contribution in [1.29, 1.82) is 0 Å². The summed E-state index contributed by atoms with van der Waals surface area (Å²) in [6, 6.07) is 6.10. The van der Waals surface area contributed by atoms with Gasteiger partial charge in [0.05, 0.1) is 12.3 Å². The van der Waals surface area contributed by atoms with Crippen LogP contribution in [0.25, 0.3) is 0 Å². The van der Waals surface area contributed by atoms with Crippen LogP contribution in [-0.4, -0.2) is 25.8 Å². The Bertz CT molecular complexity index is 371. The molecule has 5 heteroatoms. The highest BCUT2D eigenvalue weighted by Crippen LogP contribution is 2.19. The number of amides is 1. The summed E-state index contributed by atoms with van der Waals surface area (Å²) in [4.78, 5) is 13.0. The number of hydrogen-bond donors (Lipinski definition) is 1. The molecule has 0 fully saturated rings. The lowest BCUT2D eigenvalue weighted by atomic mass is 10.2. The Hall–Kier alpha value is -1.62. The summed E-state index contributed by atoms with van der Waals surface area (Å²) in [6.45, 7) is 2.74. The number of rotatable bonds is 5. The van der Waals surface area contributed by atoms with Crippen LogP contribution in [0.1, 0.15) is 13.3 Å². The van der Waals surface area contributed by atoms with Gasteiger partial charge in [0.1, 0.15) is 5.82 Å². The molecule has 0 heterocycles. The average molecular weight is 240 g/mol. The number of anilines is 1. The number of carbonyl (C=O) groups is 1. The quantitative estimate of drug-likeness (QED) is 0.857. The molecule has 0 aromatic heterocycles. The zero-order chi connectivity index (χ0) is 12.7. The molecule has 1 rings (SSSR count). The van der Waals surface area contributed by atoms with E-state index in [1.807, 2.05) is 0 Å². The van der Waals surface area contributed by atoms with Gasteiger partial charge >= 0.3 is 6.09 Å². The number of nitrogens with zero attached hydrogens (tertiary/aromatic N) is 1. The third-order valence-electron chi connectivity index (χ3n) is 2.22. The van der Waals surface area contributed by atoms with Crippen LogP contribution in [0, 0.1) is 5.82 Å². The van der Waals surface area contributed by atoms with E-state index in [0.29, 0.717) is 19.5 Å². The van der Waals surface area contributed by atoms with Gasteiger partial charge in [0, 0.05) is 6.54 Å². The molecule has 2 N–H and O–H groups in total. The molecule has 0 spiro atoms. The highest BCUT2D eigenvalue weighted by molar-refractivity contribution is 5.87. The smallest absolute Gasteiger partial charge is 0.414 e. The number of nitrogens with two attached hydrogens (primary N) is 1. The number of carbonyl (C=O) groups excluding carboxylic acids is 1. The first-order valence-electron chi connectivity index (χ1n) is 5.59. The summed E-state index contributed by atoms with van der Waals surface area (Å²) in [5.41, 5.74) is 5.62. The minimum Gasteiger partial charge on any atom is -0.449 e. The highest BCUT2D eigenvalue weighted by Gasteiger charge is 2.19. The largest absolute Gasteiger partial charge is 0.449 e. The van der Waals surface area contributed by atoms with Crippen LogP contribution in [0.4, 0.5) is 14.9 Å². The number of ether oxygens (including phenoxy) is 1. The fourth-order valence-corrected chi connectivity index (χ4v) is 1.43. The fraction of sp³-hybridized carbons (Fsp3) is 0.417. The lowest BCUT2D eigenvalue weighted by Crippen LogP contribution is -2.34. The van der Waals surface area contributed by atoms with Crippen LogP contribution < -0.4 is 10.6 Å². The molecule has 17 heavy (non-hydrogen) atoms. The van der Waals surface area contributed by atoms with E-state index in [0.717, 1.165) is 0 Å². The van der Waals surface area contributed by atoms with Crippen molar-refractivity contribution in [2.24, 2.45) is 5.73 Å².